The Morgan fingerprint density at radius 3 is 2.57 bits per heavy atom. The zero-order valence-corrected chi connectivity index (χ0v) is 10.9. The number of carboxylic acids is 1. The second-order valence-corrected chi connectivity index (χ2v) is 4.26. The summed E-state index contributed by atoms with van der Waals surface area (Å²) in [6, 6.07) is 12.0. The number of carbonyl (C=O) groups is 2. The molecular weight excluding hydrogens is 273 g/mol. The van der Waals surface area contributed by atoms with Crippen LogP contribution < -0.4 is 5.32 Å². The lowest BCUT2D eigenvalue weighted by Crippen LogP contribution is -2.12. The van der Waals surface area contributed by atoms with Gasteiger partial charge in [0.05, 0.1) is 0 Å². The number of hydrogen-bond donors (Lipinski definition) is 2. The molecule has 5 heteroatoms. The molecule has 0 saturated heterocycles. The topological polar surface area (TPSA) is 66.4 Å². The maximum atomic E-state index is 13.1. The first-order valence-corrected chi connectivity index (χ1v) is 6.12. The van der Waals surface area contributed by atoms with Gasteiger partial charge in [-0.25, -0.2) is 9.18 Å². The van der Waals surface area contributed by atoms with Crippen molar-refractivity contribution in [1.29, 1.82) is 0 Å². The third kappa shape index (κ3) is 4.28. The minimum absolute atomic E-state index is 0.210. The number of aliphatic carboxylic acids is 1. The number of benzene rings is 2. The van der Waals surface area contributed by atoms with Crippen molar-refractivity contribution in [1.82, 2.24) is 0 Å². The van der Waals surface area contributed by atoms with Gasteiger partial charge in [0.25, 0.3) is 5.91 Å². The van der Waals surface area contributed by atoms with E-state index in [4.69, 9.17) is 5.11 Å². The molecule has 2 rings (SSSR count). The Kier molecular flexibility index (Phi) is 4.46. The van der Waals surface area contributed by atoms with Crippen LogP contribution in [-0.2, 0) is 4.79 Å². The van der Waals surface area contributed by atoms with Gasteiger partial charge >= 0.3 is 5.97 Å². The number of carbonyl (C=O) groups excluding carboxylic acids is 1. The molecule has 2 aromatic carbocycles. The van der Waals surface area contributed by atoms with Crippen molar-refractivity contribution in [2.45, 2.75) is 0 Å². The first kappa shape index (κ1) is 14.5. The summed E-state index contributed by atoms with van der Waals surface area (Å²) in [6.45, 7) is 0. The standard InChI is InChI=1S/C16H12FNO3/c17-13-5-2-4-12(10-13)16(21)18-14-6-1-3-11(9-14)7-8-15(19)20/h1-10H,(H,18,21)(H,19,20). The van der Waals surface area contributed by atoms with E-state index >= 15 is 0 Å². The molecule has 0 radical (unpaired) electrons. The van der Waals surface area contributed by atoms with E-state index < -0.39 is 17.7 Å². The van der Waals surface area contributed by atoms with Crippen LogP contribution in [0.25, 0.3) is 6.08 Å². The van der Waals surface area contributed by atoms with Gasteiger partial charge in [0.2, 0.25) is 0 Å². The van der Waals surface area contributed by atoms with Crippen LogP contribution in [0.5, 0.6) is 0 Å². The molecule has 0 aromatic heterocycles. The van der Waals surface area contributed by atoms with E-state index in [1.165, 1.54) is 24.3 Å². The van der Waals surface area contributed by atoms with Gasteiger partial charge < -0.3 is 10.4 Å². The molecule has 0 aliphatic carbocycles. The molecule has 0 aliphatic rings. The normalized spacial score (nSPS) is 10.5. The zero-order valence-electron chi connectivity index (χ0n) is 10.9. The van der Waals surface area contributed by atoms with E-state index in [2.05, 4.69) is 5.32 Å². The molecule has 0 saturated carbocycles. The molecular formula is C16H12FNO3. The Balaban J connectivity index is 2.14. The van der Waals surface area contributed by atoms with Crippen molar-refractivity contribution >= 4 is 23.6 Å². The molecule has 2 N–H and O–H groups in total. The lowest BCUT2D eigenvalue weighted by Gasteiger charge is -2.06. The SMILES string of the molecule is O=C(O)C=Cc1cccc(NC(=O)c2cccc(F)c2)c1. The molecule has 1 amide bonds. The predicted octanol–water partition coefficient (Wildman–Crippen LogP) is 3.18. The van der Waals surface area contributed by atoms with Crippen molar-refractivity contribution in [3.05, 3.63) is 71.6 Å². The maximum absolute atomic E-state index is 13.1. The number of halogens is 1. The summed E-state index contributed by atoms with van der Waals surface area (Å²) in [5, 5.41) is 11.2. The first-order valence-electron chi connectivity index (χ1n) is 6.12. The molecule has 0 unspecified atom stereocenters. The van der Waals surface area contributed by atoms with E-state index in [0.717, 1.165) is 12.1 Å². The minimum Gasteiger partial charge on any atom is -0.478 e. The molecule has 106 valence electrons. The van der Waals surface area contributed by atoms with Gasteiger partial charge in [-0.05, 0) is 42.0 Å². The van der Waals surface area contributed by atoms with E-state index in [-0.39, 0.29) is 5.56 Å². The van der Waals surface area contributed by atoms with Gasteiger partial charge in [-0.15, -0.1) is 0 Å². The summed E-state index contributed by atoms with van der Waals surface area (Å²) in [5.41, 5.74) is 1.34. The van der Waals surface area contributed by atoms with Gasteiger partial charge in [-0.1, -0.05) is 18.2 Å². The second-order valence-electron chi connectivity index (χ2n) is 4.26. The summed E-state index contributed by atoms with van der Waals surface area (Å²) in [6.07, 6.45) is 2.42. The fraction of sp³-hybridized carbons (Fsp3) is 0. The lowest BCUT2D eigenvalue weighted by atomic mass is 10.1. The van der Waals surface area contributed by atoms with Gasteiger partial charge in [-0.3, -0.25) is 4.79 Å². The highest BCUT2D eigenvalue weighted by atomic mass is 19.1. The number of nitrogens with one attached hydrogen (secondary N) is 1. The number of rotatable bonds is 4. The summed E-state index contributed by atoms with van der Waals surface area (Å²) < 4.78 is 13.1. The molecule has 2 aromatic rings. The zero-order chi connectivity index (χ0) is 15.2. The van der Waals surface area contributed by atoms with E-state index in [0.29, 0.717) is 11.3 Å². The monoisotopic (exact) mass is 285 g/mol. The highest BCUT2D eigenvalue weighted by Gasteiger charge is 2.06. The number of carboxylic acid groups (broad SMARTS) is 1. The smallest absolute Gasteiger partial charge is 0.328 e. The molecule has 0 atom stereocenters. The van der Waals surface area contributed by atoms with Crippen LogP contribution in [0.4, 0.5) is 10.1 Å². The molecule has 21 heavy (non-hydrogen) atoms. The van der Waals surface area contributed by atoms with Crippen molar-refractivity contribution in [2.24, 2.45) is 0 Å². The molecule has 0 aliphatic heterocycles. The van der Waals surface area contributed by atoms with Crippen molar-refractivity contribution in [3.63, 3.8) is 0 Å². The molecule has 0 bridgehead atoms. The summed E-state index contributed by atoms with van der Waals surface area (Å²) in [5.74, 6) is -1.97. The Labute approximate surface area is 120 Å². The van der Waals surface area contributed by atoms with Crippen molar-refractivity contribution < 1.29 is 19.1 Å². The van der Waals surface area contributed by atoms with Gasteiger partial charge in [0, 0.05) is 17.3 Å². The van der Waals surface area contributed by atoms with E-state index in [1.807, 2.05) is 0 Å². The summed E-state index contributed by atoms with van der Waals surface area (Å²) in [7, 11) is 0. The van der Waals surface area contributed by atoms with Crippen LogP contribution in [-0.4, -0.2) is 17.0 Å². The Morgan fingerprint density at radius 2 is 1.86 bits per heavy atom. The third-order valence-electron chi connectivity index (χ3n) is 2.65. The van der Waals surface area contributed by atoms with Crippen LogP contribution in [0.15, 0.2) is 54.6 Å². The van der Waals surface area contributed by atoms with Gasteiger partial charge in [0.1, 0.15) is 5.82 Å². The molecule has 0 heterocycles. The highest BCUT2D eigenvalue weighted by molar-refractivity contribution is 6.04. The van der Waals surface area contributed by atoms with Crippen LogP contribution >= 0.6 is 0 Å². The first-order chi connectivity index (χ1) is 10.0. The molecule has 4 nitrogen and oxygen atoms in total. The van der Waals surface area contributed by atoms with Crippen molar-refractivity contribution in [3.8, 4) is 0 Å². The average Bonchev–Trinajstić information content (AvgIpc) is 2.45. The Hall–Kier alpha value is -2.95. The quantitative estimate of drug-likeness (QED) is 0.848. The minimum atomic E-state index is -1.05. The summed E-state index contributed by atoms with van der Waals surface area (Å²) in [4.78, 5) is 22.4. The number of hydrogen-bond acceptors (Lipinski definition) is 2. The fourth-order valence-electron chi connectivity index (χ4n) is 1.72. The maximum Gasteiger partial charge on any atom is 0.328 e. The molecule has 0 spiro atoms. The number of amides is 1. The Bertz CT molecular complexity index is 710. The van der Waals surface area contributed by atoms with Crippen LogP contribution in [0.3, 0.4) is 0 Å². The summed E-state index contributed by atoms with van der Waals surface area (Å²) >= 11 is 0. The van der Waals surface area contributed by atoms with Crippen LogP contribution in [0.1, 0.15) is 15.9 Å². The predicted molar refractivity (Wildman–Crippen MR) is 77.5 cm³/mol. The van der Waals surface area contributed by atoms with Crippen LogP contribution in [0, 0.1) is 5.82 Å². The second kappa shape index (κ2) is 6.47. The Morgan fingerprint density at radius 1 is 1.10 bits per heavy atom. The largest absolute Gasteiger partial charge is 0.478 e. The van der Waals surface area contributed by atoms with Gasteiger partial charge in [0.15, 0.2) is 0 Å². The fourth-order valence-corrected chi connectivity index (χ4v) is 1.72. The van der Waals surface area contributed by atoms with E-state index in [9.17, 15) is 14.0 Å². The number of anilines is 1. The van der Waals surface area contributed by atoms with Crippen LogP contribution in [0.2, 0.25) is 0 Å². The van der Waals surface area contributed by atoms with Gasteiger partial charge in [-0.2, -0.15) is 0 Å². The highest BCUT2D eigenvalue weighted by Crippen LogP contribution is 2.14. The average molecular weight is 285 g/mol. The van der Waals surface area contributed by atoms with Crippen molar-refractivity contribution in [2.75, 3.05) is 5.32 Å². The molecule has 0 fully saturated rings. The van der Waals surface area contributed by atoms with E-state index in [1.54, 1.807) is 24.3 Å². The third-order valence-corrected chi connectivity index (χ3v) is 2.65. The lowest BCUT2D eigenvalue weighted by molar-refractivity contribution is -0.131.